The van der Waals surface area contributed by atoms with Crippen molar-refractivity contribution >= 4 is 47.5 Å². The molecule has 1 atom stereocenters. The van der Waals surface area contributed by atoms with Gasteiger partial charge in [0, 0.05) is 17.8 Å². The largest absolute Gasteiger partial charge is 0.399 e. The second kappa shape index (κ2) is 8.34. The number of anilines is 2. The highest BCUT2D eigenvalue weighted by molar-refractivity contribution is 7.08. The van der Waals surface area contributed by atoms with Gasteiger partial charge in [-0.15, -0.1) is 24.8 Å². The molecule has 2 rings (SSSR count). The third-order valence-corrected chi connectivity index (χ3v) is 3.47. The summed E-state index contributed by atoms with van der Waals surface area (Å²) in [6.07, 6.45) is -0.498. The van der Waals surface area contributed by atoms with Gasteiger partial charge in [0.2, 0.25) is 0 Å². The van der Waals surface area contributed by atoms with Crippen LogP contribution >= 0.6 is 36.2 Å². The highest BCUT2D eigenvalue weighted by Crippen LogP contribution is 2.32. The molecular weight excluding hydrogens is 319 g/mol. The second-order valence-electron chi connectivity index (χ2n) is 4.19. The van der Waals surface area contributed by atoms with Gasteiger partial charge in [-0.1, -0.05) is 0 Å². The molecule has 0 amide bonds. The molecular formula is C13H18Cl2N2O2S. The minimum Gasteiger partial charge on any atom is -0.399 e. The Balaban J connectivity index is 0.00000180. The maximum absolute atomic E-state index is 9.59. The van der Waals surface area contributed by atoms with Gasteiger partial charge in [-0.2, -0.15) is 11.3 Å². The lowest BCUT2D eigenvalue weighted by atomic mass is 9.95. The fourth-order valence-corrected chi connectivity index (χ4v) is 2.58. The van der Waals surface area contributed by atoms with Crippen LogP contribution in [-0.2, 0) is 6.42 Å². The Kier molecular flexibility index (Phi) is 7.93. The van der Waals surface area contributed by atoms with E-state index in [1.54, 1.807) is 17.4 Å². The number of benzene rings is 1. The predicted octanol–water partition coefficient (Wildman–Crippen LogP) is 2.32. The zero-order chi connectivity index (χ0) is 13.1. The molecule has 1 aromatic heterocycles. The van der Waals surface area contributed by atoms with E-state index in [4.69, 9.17) is 16.6 Å². The average Bonchev–Trinajstić information content (AvgIpc) is 2.85. The van der Waals surface area contributed by atoms with Crippen LogP contribution in [0.5, 0.6) is 0 Å². The van der Waals surface area contributed by atoms with Gasteiger partial charge in [0.15, 0.2) is 0 Å². The van der Waals surface area contributed by atoms with Crippen molar-refractivity contribution in [3.05, 3.63) is 34.5 Å². The van der Waals surface area contributed by atoms with E-state index in [2.05, 4.69) is 0 Å². The van der Waals surface area contributed by atoms with Gasteiger partial charge in [-0.05, 0) is 45.6 Å². The van der Waals surface area contributed by atoms with Gasteiger partial charge >= 0.3 is 0 Å². The number of nitrogen functional groups attached to an aromatic ring is 2. The summed E-state index contributed by atoms with van der Waals surface area (Å²) in [6, 6.07) is 5.50. The molecule has 0 aliphatic heterocycles. The van der Waals surface area contributed by atoms with E-state index in [1.165, 1.54) is 0 Å². The number of thiophene rings is 1. The molecule has 0 spiro atoms. The van der Waals surface area contributed by atoms with Crippen molar-refractivity contribution in [2.24, 2.45) is 0 Å². The number of hydrogen-bond acceptors (Lipinski definition) is 5. The molecule has 4 nitrogen and oxygen atoms in total. The predicted molar refractivity (Wildman–Crippen MR) is 89.9 cm³/mol. The molecule has 1 aromatic carbocycles. The van der Waals surface area contributed by atoms with E-state index in [1.807, 2.05) is 22.9 Å². The van der Waals surface area contributed by atoms with Gasteiger partial charge in [0.25, 0.3) is 0 Å². The van der Waals surface area contributed by atoms with Crippen LogP contribution in [0.25, 0.3) is 11.1 Å². The summed E-state index contributed by atoms with van der Waals surface area (Å²) in [5, 5.41) is 22.5. The topological polar surface area (TPSA) is 92.5 Å². The Bertz CT molecular complexity index is 535. The van der Waals surface area contributed by atoms with Crippen LogP contribution in [-0.4, -0.2) is 22.9 Å². The van der Waals surface area contributed by atoms with E-state index in [-0.39, 0.29) is 31.4 Å². The summed E-state index contributed by atoms with van der Waals surface area (Å²) in [7, 11) is 0. The summed E-state index contributed by atoms with van der Waals surface area (Å²) >= 11 is 1.59. The Morgan fingerprint density at radius 1 is 1.20 bits per heavy atom. The fraction of sp³-hybridized carbons (Fsp3) is 0.231. The number of halogens is 2. The summed E-state index contributed by atoms with van der Waals surface area (Å²) < 4.78 is 0. The maximum Gasteiger partial charge on any atom is 0.0812 e. The van der Waals surface area contributed by atoms with Crippen molar-refractivity contribution in [2.45, 2.75) is 12.5 Å². The van der Waals surface area contributed by atoms with Crippen LogP contribution in [0.15, 0.2) is 29.0 Å². The monoisotopic (exact) mass is 336 g/mol. The van der Waals surface area contributed by atoms with Crippen molar-refractivity contribution in [2.75, 3.05) is 18.1 Å². The molecule has 6 N–H and O–H groups in total. The molecule has 2 aromatic rings. The van der Waals surface area contributed by atoms with Crippen LogP contribution in [0.1, 0.15) is 5.56 Å². The summed E-state index contributed by atoms with van der Waals surface area (Å²) in [5.74, 6) is 0. The lowest BCUT2D eigenvalue weighted by Crippen LogP contribution is -2.17. The lowest BCUT2D eigenvalue weighted by molar-refractivity contribution is 0.0957. The van der Waals surface area contributed by atoms with Crippen LogP contribution in [0.4, 0.5) is 11.4 Å². The molecule has 7 heteroatoms. The average molecular weight is 337 g/mol. The Morgan fingerprint density at radius 2 is 1.90 bits per heavy atom. The Morgan fingerprint density at radius 3 is 2.45 bits per heavy atom. The fourth-order valence-electron chi connectivity index (χ4n) is 1.92. The number of aliphatic hydroxyl groups excluding tert-OH is 2. The quantitative estimate of drug-likeness (QED) is 0.644. The van der Waals surface area contributed by atoms with Crippen molar-refractivity contribution < 1.29 is 10.2 Å². The number of aliphatic hydroxyl groups is 2. The summed E-state index contributed by atoms with van der Waals surface area (Å²) in [4.78, 5) is 0. The van der Waals surface area contributed by atoms with E-state index in [9.17, 15) is 5.11 Å². The summed E-state index contributed by atoms with van der Waals surface area (Å²) in [6.45, 7) is -0.285. The molecule has 0 radical (unpaired) electrons. The Labute approximate surface area is 134 Å². The lowest BCUT2D eigenvalue weighted by Gasteiger charge is -2.15. The van der Waals surface area contributed by atoms with Gasteiger partial charge in [-0.25, -0.2) is 0 Å². The first-order valence-electron chi connectivity index (χ1n) is 5.61. The summed E-state index contributed by atoms with van der Waals surface area (Å²) in [5.41, 5.74) is 15.7. The highest BCUT2D eigenvalue weighted by atomic mass is 35.5. The van der Waals surface area contributed by atoms with E-state index in [0.29, 0.717) is 17.8 Å². The van der Waals surface area contributed by atoms with E-state index < -0.39 is 6.10 Å². The first-order chi connectivity index (χ1) is 8.61. The van der Waals surface area contributed by atoms with Crippen molar-refractivity contribution in [3.8, 4) is 11.1 Å². The van der Waals surface area contributed by atoms with Gasteiger partial charge < -0.3 is 21.7 Å². The Hall–Kier alpha value is -0.980. The maximum atomic E-state index is 9.59. The molecule has 0 fully saturated rings. The molecule has 0 aliphatic rings. The molecule has 0 aliphatic carbocycles. The van der Waals surface area contributed by atoms with Gasteiger partial charge in [0.05, 0.1) is 12.7 Å². The highest BCUT2D eigenvalue weighted by Gasteiger charge is 2.14. The van der Waals surface area contributed by atoms with Crippen LogP contribution in [0.2, 0.25) is 0 Å². The normalized spacial score (nSPS) is 11.3. The molecule has 1 unspecified atom stereocenters. The zero-order valence-corrected chi connectivity index (χ0v) is 13.1. The number of nitrogens with two attached hydrogens (primary N) is 2. The van der Waals surface area contributed by atoms with Crippen molar-refractivity contribution in [3.63, 3.8) is 0 Å². The molecule has 112 valence electrons. The first kappa shape index (κ1) is 19.0. The number of hydrogen-bond donors (Lipinski definition) is 4. The van der Waals surface area contributed by atoms with Crippen LogP contribution < -0.4 is 11.5 Å². The molecule has 0 saturated heterocycles. The van der Waals surface area contributed by atoms with E-state index in [0.717, 1.165) is 16.7 Å². The molecule has 0 saturated carbocycles. The van der Waals surface area contributed by atoms with Gasteiger partial charge in [0.1, 0.15) is 0 Å². The van der Waals surface area contributed by atoms with Crippen LogP contribution in [0.3, 0.4) is 0 Å². The number of rotatable bonds is 4. The SMILES string of the molecule is Cl.Cl.Nc1cc(N)c(CC(O)CO)c(-c2ccsc2)c1. The zero-order valence-electron chi connectivity index (χ0n) is 10.7. The molecule has 1 heterocycles. The molecule has 0 bridgehead atoms. The van der Waals surface area contributed by atoms with E-state index >= 15 is 0 Å². The third kappa shape index (κ3) is 4.26. The van der Waals surface area contributed by atoms with Crippen LogP contribution in [0, 0.1) is 0 Å². The minimum atomic E-state index is -0.812. The standard InChI is InChI=1S/C13H16N2O2S.2ClH/c14-9-3-11(8-1-2-18-7-8)12(13(15)4-9)5-10(17)6-16;;/h1-4,7,10,16-17H,5-6,14-15H2;2*1H. The van der Waals surface area contributed by atoms with Gasteiger partial charge in [-0.3, -0.25) is 0 Å². The third-order valence-electron chi connectivity index (χ3n) is 2.79. The second-order valence-corrected chi connectivity index (χ2v) is 4.97. The van der Waals surface area contributed by atoms with Crippen molar-refractivity contribution in [1.29, 1.82) is 0 Å². The van der Waals surface area contributed by atoms with Crippen molar-refractivity contribution in [1.82, 2.24) is 0 Å². The minimum absolute atomic E-state index is 0. The smallest absolute Gasteiger partial charge is 0.0812 e. The molecule has 20 heavy (non-hydrogen) atoms. The first-order valence-corrected chi connectivity index (χ1v) is 6.55.